The number of rotatable bonds is 3. The van der Waals surface area contributed by atoms with E-state index in [1.54, 1.807) is 23.6 Å². The molecule has 4 nitrogen and oxygen atoms in total. The number of hydrogen-bond acceptors (Lipinski definition) is 3. The van der Waals surface area contributed by atoms with Crippen molar-refractivity contribution < 1.29 is 9.90 Å². The van der Waals surface area contributed by atoms with Gasteiger partial charge in [0.15, 0.2) is 0 Å². The molecule has 0 atom stereocenters. The van der Waals surface area contributed by atoms with Crippen molar-refractivity contribution in [1.82, 2.24) is 9.97 Å². The van der Waals surface area contributed by atoms with E-state index in [0.717, 1.165) is 24.2 Å². The molecule has 0 amide bonds. The fourth-order valence-corrected chi connectivity index (χ4v) is 3.29. The van der Waals surface area contributed by atoms with Crippen molar-refractivity contribution in [2.45, 2.75) is 19.3 Å². The van der Waals surface area contributed by atoms with Crippen molar-refractivity contribution in [1.29, 1.82) is 0 Å². The number of H-pyrrole nitrogens is 1. The molecule has 0 radical (unpaired) electrons. The quantitative estimate of drug-likeness (QED) is 0.891. The minimum Gasteiger partial charge on any atom is -0.478 e. The molecule has 2 heterocycles. The zero-order chi connectivity index (χ0) is 12.5. The molecule has 0 bridgehead atoms. The van der Waals surface area contributed by atoms with Crippen LogP contribution in [0.1, 0.15) is 27.6 Å². The Morgan fingerprint density at radius 3 is 3.11 bits per heavy atom. The second kappa shape index (κ2) is 4.42. The average molecular weight is 260 g/mol. The predicted molar refractivity (Wildman–Crippen MR) is 69.6 cm³/mol. The van der Waals surface area contributed by atoms with Crippen molar-refractivity contribution in [3.8, 4) is 0 Å². The van der Waals surface area contributed by atoms with Crippen LogP contribution in [-0.2, 0) is 17.6 Å². The summed E-state index contributed by atoms with van der Waals surface area (Å²) in [6, 6.07) is 2.07. The number of carbonyl (C=O) groups is 1. The first-order valence-electron chi connectivity index (χ1n) is 5.76. The molecule has 1 aliphatic rings. The SMILES string of the molecule is O=C(O)C1=Cc2cc(Cc3ncc[nH]3)sc2CC1. The zero-order valence-corrected chi connectivity index (χ0v) is 10.5. The standard InChI is InChI=1S/C13H12N2O2S/c16-13(17)8-1-2-11-9(5-8)6-10(18-11)7-12-14-3-4-15-12/h3-6H,1-2,7H2,(H,14,15)(H,16,17). The van der Waals surface area contributed by atoms with E-state index < -0.39 is 5.97 Å². The molecule has 0 fully saturated rings. The van der Waals surface area contributed by atoms with Crippen LogP contribution in [0.4, 0.5) is 0 Å². The van der Waals surface area contributed by atoms with E-state index in [2.05, 4.69) is 16.0 Å². The first-order valence-corrected chi connectivity index (χ1v) is 6.58. The van der Waals surface area contributed by atoms with Crippen LogP contribution < -0.4 is 0 Å². The van der Waals surface area contributed by atoms with Crippen molar-refractivity contribution in [3.63, 3.8) is 0 Å². The number of nitrogens with zero attached hydrogens (tertiary/aromatic N) is 1. The highest BCUT2D eigenvalue weighted by molar-refractivity contribution is 7.12. The fourth-order valence-electron chi connectivity index (χ4n) is 2.14. The van der Waals surface area contributed by atoms with Crippen LogP contribution in [0.15, 0.2) is 24.0 Å². The third-order valence-electron chi connectivity index (χ3n) is 3.02. The van der Waals surface area contributed by atoms with Gasteiger partial charge in [-0.15, -0.1) is 11.3 Å². The van der Waals surface area contributed by atoms with Crippen molar-refractivity contribution in [2.24, 2.45) is 0 Å². The number of fused-ring (bicyclic) bond motifs is 1. The van der Waals surface area contributed by atoms with Gasteiger partial charge in [-0.2, -0.15) is 0 Å². The second-order valence-electron chi connectivity index (χ2n) is 4.28. The van der Waals surface area contributed by atoms with Crippen LogP contribution in [0.2, 0.25) is 0 Å². The Kier molecular flexibility index (Phi) is 2.76. The zero-order valence-electron chi connectivity index (χ0n) is 9.64. The Balaban J connectivity index is 1.87. The van der Waals surface area contributed by atoms with E-state index >= 15 is 0 Å². The summed E-state index contributed by atoms with van der Waals surface area (Å²) in [5.74, 6) is 0.135. The average Bonchev–Trinajstić information content (AvgIpc) is 2.96. The number of imidazole rings is 1. The summed E-state index contributed by atoms with van der Waals surface area (Å²) in [5, 5.41) is 9.00. The lowest BCUT2D eigenvalue weighted by molar-refractivity contribution is -0.132. The Morgan fingerprint density at radius 1 is 1.50 bits per heavy atom. The summed E-state index contributed by atoms with van der Waals surface area (Å²) >= 11 is 1.75. The molecule has 5 heteroatoms. The molecule has 1 aliphatic carbocycles. The minimum absolute atomic E-state index is 0.504. The Labute approximate surface area is 108 Å². The number of nitrogens with one attached hydrogen (secondary N) is 1. The molecule has 0 saturated carbocycles. The molecule has 2 aromatic rings. The maximum absolute atomic E-state index is 10.9. The predicted octanol–water partition coefficient (Wildman–Crippen LogP) is 2.48. The molecule has 0 spiro atoms. The van der Waals surface area contributed by atoms with Crippen LogP contribution in [-0.4, -0.2) is 21.0 Å². The number of aromatic amines is 1. The number of aliphatic carboxylic acids is 1. The van der Waals surface area contributed by atoms with Gasteiger partial charge < -0.3 is 10.1 Å². The van der Waals surface area contributed by atoms with Gasteiger partial charge in [-0.3, -0.25) is 0 Å². The Morgan fingerprint density at radius 2 is 2.39 bits per heavy atom. The maximum atomic E-state index is 10.9. The van der Waals surface area contributed by atoms with E-state index in [1.165, 1.54) is 9.75 Å². The van der Waals surface area contributed by atoms with Crippen LogP contribution in [0.3, 0.4) is 0 Å². The van der Waals surface area contributed by atoms with Gasteiger partial charge in [0.05, 0.1) is 0 Å². The Bertz CT molecular complexity index is 611. The molecule has 3 rings (SSSR count). The molecule has 0 unspecified atom stereocenters. The van der Waals surface area contributed by atoms with Gasteiger partial charge in [0.2, 0.25) is 0 Å². The molecular weight excluding hydrogens is 248 g/mol. The number of thiophene rings is 1. The molecule has 2 N–H and O–H groups in total. The smallest absolute Gasteiger partial charge is 0.331 e. The number of aromatic nitrogens is 2. The molecule has 0 aliphatic heterocycles. The van der Waals surface area contributed by atoms with Crippen LogP contribution >= 0.6 is 11.3 Å². The van der Waals surface area contributed by atoms with Gasteiger partial charge in [0, 0.05) is 34.1 Å². The van der Waals surface area contributed by atoms with E-state index in [1.807, 2.05) is 6.20 Å². The summed E-state index contributed by atoms with van der Waals surface area (Å²) in [6.07, 6.45) is 7.58. The van der Waals surface area contributed by atoms with Crippen molar-refractivity contribution in [3.05, 3.63) is 45.2 Å². The summed E-state index contributed by atoms with van der Waals surface area (Å²) in [5.41, 5.74) is 1.56. The summed E-state index contributed by atoms with van der Waals surface area (Å²) in [7, 11) is 0. The van der Waals surface area contributed by atoms with E-state index in [0.29, 0.717) is 12.0 Å². The topological polar surface area (TPSA) is 66.0 Å². The molecule has 0 saturated heterocycles. The van der Waals surface area contributed by atoms with Crippen LogP contribution in [0.25, 0.3) is 6.08 Å². The highest BCUT2D eigenvalue weighted by Crippen LogP contribution is 2.32. The Hall–Kier alpha value is -1.88. The lowest BCUT2D eigenvalue weighted by Crippen LogP contribution is -2.05. The van der Waals surface area contributed by atoms with E-state index in [4.69, 9.17) is 5.11 Å². The highest BCUT2D eigenvalue weighted by atomic mass is 32.1. The molecular formula is C13H12N2O2S. The second-order valence-corrected chi connectivity index (χ2v) is 5.50. The van der Waals surface area contributed by atoms with E-state index in [-0.39, 0.29) is 0 Å². The van der Waals surface area contributed by atoms with E-state index in [9.17, 15) is 4.79 Å². The van der Waals surface area contributed by atoms with Gasteiger partial charge >= 0.3 is 5.97 Å². The van der Waals surface area contributed by atoms with Crippen LogP contribution in [0, 0.1) is 0 Å². The number of aryl methyl sites for hydroxylation is 1. The molecule has 92 valence electrons. The van der Waals surface area contributed by atoms with Gasteiger partial charge in [0.1, 0.15) is 5.82 Å². The minimum atomic E-state index is -0.806. The first-order chi connectivity index (χ1) is 8.72. The first kappa shape index (κ1) is 11.2. The fraction of sp³-hybridized carbons (Fsp3) is 0.231. The van der Waals surface area contributed by atoms with Crippen molar-refractivity contribution >= 4 is 23.4 Å². The van der Waals surface area contributed by atoms with Crippen molar-refractivity contribution in [2.75, 3.05) is 0 Å². The molecule has 2 aromatic heterocycles. The summed E-state index contributed by atoms with van der Waals surface area (Å²) in [6.45, 7) is 0. The number of carboxylic acids is 1. The lowest BCUT2D eigenvalue weighted by Gasteiger charge is -2.08. The lowest BCUT2D eigenvalue weighted by atomic mass is 9.99. The molecule has 18 heavy (non-hydrogen) atoms. The third-order valence-corrected chi connectivity index (χ3v) is 4.23. The third kappa shape index (κ3) is 2.09. The summed E-state index contributed by atoms with van der Waals surface area (Å²) < 4.78 is 0. The van der Waals surface area contributed by atoms with Gasteiger partial charge in [0.25, 0.3) is 0 Å². The number of hydrogen-bond donors (Lipinski definition) is 2. The monoisotopic (exact) mass is 260 g/mol. The van der Waals surface area contributed by atoms with Gasteiger partial charge in [-0.25, -0.2) is 9.78 Å². The number of carboxylic acid groups (broad SMARTS) is 1. The molecule has 0 aromatic carbocycles. The highest BCUT2D eigenvalue weighted by Gasteiger charge is 2.18. The summed E-state index contributed by atoms with van der Waals surface area (Å²) in [4.78, 5) is 20.7. The normalized spacial score (nSPS) is 14.1. The maximum Gasteiger partial charge on any atom is 0.331 e. The van der Waals surface area contributed by atoms with Gasteiger partial charge in [-0.1, -0.05) is 0 Å². The van der Waals surface area contributed by atoms with Gasteiger partial charge in [-0.05, 0) is 30.5 Å². The largest absolute Gasteiger partial charge is 0.478 e. The van der Waals surface area contributed by atoms with Crippen LogP contribution in [0.5, 0.6) is 0 Å².